The van der Waals surface area contributed by atoms with Gasteiger partial charge in [-0.2, -0.15) is 0 Å². The van der Waals surface area contributed by atoms with Crippen molar-refractivity contribution in [2.24, 2.45) is 5.92 Å². The number of nitrogens with zero attached hydrogens (tertiary/aromatic N) is 1. The van der Waals surface area contributed by atoms with Crippen LogP contribution in [0, 0.1) is 17.6 Å². The van der Waals surface area contributed by atoms with Crippen molar-refractivity contribution in [1.29, 1.82) is 0 Å². The normalized spacial score (nSPS) is 11.7. The third-order valence-corrected chi connectivity index (χ3v) is 4.15. The number of hydrogen-bond donors (Lipinski definition) is 0. The molecular formula is C19H18ClF2NO3. The number of benzene rings is 2. The number of rotatable bonds is 6. The molecule has 0 radical (unpaired) electrons. The molecule has 1 amide bonds. The molecule has 0 saturated heterocycles. The Hall–Kier alpha value is -2.47. The van der Waals surface area contributed by atoms with Crippen molar-refractivity contribution in [1.82, 2.24) is 4.90 Å². The minimum Gasteiger partial charge on any atom is -0.469 e. The Kier molecular flexibility index (Phi) is 6.69. The molecule has 0 N–H and O–H groups in total. The summed E-state index contributed by atoms with van der Waals surface area (Å²) in [6, 6.07) is 10.6. The fraction of sp³-hybridized carbons (Fsp3) is 0.263. The quantitative estimate of drug-likeness (QED) is 0.559. The van der Waals surface area contributed by atoms with Gasteiger partial charge < -0.3 is 9.64 Å². The SMILES string of the molecule is COC(=O)C(C)CN(Cc1ccccc1)C(=O)c1cc(F)c(F)cc1Cl. The molecule has 1 unspecified atom stereocenters. The van der Waals surface area contributed by atoms with Gasteiger partial charge >= 0.3 is 5.97 Å². The molecule has 0 bridgehead atoms. The molecule has 0 aromatic heterocycles. The van der Waals surface area contributed by atoms with Crippen LogP contribution in [0.25, 0.3) is 0 Å². The van der Waals surface area contributed by atoms with Gasteiger partial charge in [0, 0.05) is 13.1 Å². The van der Waals surface area contributed by atoms with Gasteiger partial charge in [-0.15, -0.1) is 0 Å². The summed E-state index contributed by atoms with van der Waals surface area (Å²) in [4.78, 5) is 26.0. The van der Waals surface area contributed by atoms with E-state index in [2.05, 4.69) is 0 Å². The zero-order valence-electron chi connectivity index (χ0n) is 14.3. The van der Waals surface area contributed by atoms with E-state index in [-0.39, 0.29) is 23.7 Å². The molecule has 7 heteroatoms. The number of amides is 1. The van der Waals surface area contributed by atoms with E-state index in [1.807, 2.05) is 30.3 Å². The molecule has 4 nitrogen and oxygen atoms in total. The number of halogens is 3. The lowest BCUT2D eigenvalue weighted by molar-refractivity contribution is -0.145. The van der Waals surface area contributed by atoms with E-state index < -0.39 is 29.4 Å². The molecule has 2 aromatic carbocycles. The highest BCUT2D eigenvalue weighted by Crippen LogP contribution is 2.23. The molecule has 2 aromatic rings. The topological polar surface area (TPSA) is 46.6 Å². The number of carbonyl (C=O) groups is 2. The van der Waals surface area contributed by atoms with Crippen LogP contribution >= 0.6 is 11.6 Å². The highest BCUT2D eigenvalue weighted by atomic mass is 35.5. The summed E-state index contributed by atoms with van der Waals surface area (Å²) in [6.45, 7) is 1.83. The molecule has 26 heavy (non-hydrogen) atoms. The number of carbonyl (C=O) groups excluding carboxylic acids is 2. The molecule has 2 rings (SSSR count). The summed E-state index contributed by atoms with van der Waals surface area (Å²) in [5.74, 6) is -3.99. The Labute approximate surface area is 155 Å². The van der Waals surface area contributed by atoms with Crippen LogP contribution in [0.2, 0.25) is 5.02 Å². The fourth-order valence-corrected chi connectivity index (χ4v) is 2.72. The van der Waals surface area contributed by atoms with Crippen molar-refractivity contribution in [2.45, 2.75) is 13.5 Å². The molecule has 0 saturated carbocycles. The molecule has 0 aliphatic carbocycles. The molecule has 0 heterocycles. The van der Waals surface area contributed by atoms with E-state index in [0.717, 1.165) is 17.7 Å². The molecule has 0 aliphatic rings. The largest absolute Gasteiger partial charge is 0.469 e. The van der Waals surface area contributed by atoms with Crippen molar-refractivity contribution in [3.63, 3.8) is 0 Å². The summed E-state index contributed by atoms with van der Waals surface area (Å²) >= 11 is 5.92. The van der Waals surface area contributed by atoms with Crippen molar-refractivity contribution in [3.05, 3.63) is 70.2 Å². The first kappa shape index (κ1) is 19.8. The van der Waals surface area contributed by atoms with E-state index in [1.54, 1.807) is 6.92 Å². The first-order valence-electron chi connectivity index (χ1n) is 7.89. The standard InChI is InChI=1S/C19H18ClF2NO3/c1-12(19(25)26-2)10-23(11-13-6-4-3-5-7-13)18(24)14-8-16(21)17(22)9-15(14)20/h3-9,12H,10-11H2,1-2H3. The second-order valence-corrected chi connectivity index (χ2v) is 6.25. The molecule has 0 aliphatic heterocycles. The van der Waals surface area contributed by atoms with Gasteiger partial charge in [0.25, 0.3) is 5.91 Å². The van der Waals surface area contributed by atoms with Crippen LogP contribution in [0.4, 0.5) is 8.78 Å². The summed E-state index contributed by atoms with van der Waals surface area (Å²) < 4.78 is 31.6. The maximum Gasteiger partial charge on any atom is 0.310 e. The van der Waals surface area contributed by atoms with Gasteiger partial charge in [0.15, 0.2) is 11.6 Å². The first-order valence-corrected chi connectivity index (χ1v) is 8.26. The van der Waals surface area contributed by atoms with Crippen LogP contribution in [-0.2, 0) is 16.1 Å². The Morgan fingerprint density at radius 3 is 2.38 bits per heavy atom. The predicted octanol–water partition coefficient (Wildman–Crippen LogP) is 4.07. The van der Waals surface area contributed by atoms with Gasteiger partial charge in [0.1, 0.15) is 0 Å². The van der Waals surface area contributed by atoms with Gasteiger partial charge in [0.05, 0.1) is 23.6 Å². The Balaban J connectivity index is 2.34. The highest BCUT2D eigenvalue weighted by Gasteiger charge is 2.25. The summed E-state index contributed by atoms with van der Waals surface area (Å²) in [6.07, 6.45) is 0. The van der Waals surface area contributed by atoms with Crippen LogP contribution in [0.1, 0.15) is 22.8 Å². The van der Waals surface area contributed by atoms with E-state index >= 15 is 0 Å². The lowest BCUT2D eigenvalue weighted by Crippen LogP contribution is -2.37. The maximum atomic E-state index is 13.6. The third-order valence-electron chi connectivity index (χ3n) is 3.84. The molecular weight excluding hydrogens is 364 g/mol. The molecule has 1 atom stereocenters. The van der Waals surface area contributed by atoms with Crippen LogP contribution < -0.4 is 0 Å². The minimum atomic E-state index is -1.17. The molecule has 0 fully saturated rings. The van der Waals surface area contributed by atoms with Gasteiger partial charge in [-0.1, -0.05) is 48.9 Å². The maximum absolute atomic E-state index is 13.6. The van der Waals surface area contributed by atoms with E-state index in [9.17, 15) is 18.4 Å². The molecule has 0 spiro atoms. The zero-order valence-corrected chi connectivity index (χ0v) is 15.1. The summed E-state index contributed by atoms with van der Waals surface area (Å²) in [5, 5.41) is -0.197. The van der Waals surface area contributed by atoms with Crippen molar-refractivity contribution in [2.75, 3.05) is 13.7 Å². The van der Waals surface area contributed by atoms with Crippen LogP contribution in [-0.4, -0.2) is 30.4 Å². The number of hydrogen-bond acceptors (Lipinski definition) is 3. The fourth-order valence-electron chi connectivity index (χ4n) is 2.49. The highest BCUT2D eigenvalue weighted by molar-refractivity contribution is 6.33. The van der Waals surface area contributed by atoms with Crippen LogP contribution in [0.3, 0.4) is 0 Å². The van der Waals surface area contributed by atoms with Gasteiger partial charge in [-0.25, -0.2) is 8.78 Å². The van der Waals surface area contributed by atoms with Crippen LogP contribution in [0.5, 0.6) is 0 Å². The average Bonchev–Trinajstić information content (AvgIpc) is 2.63. The smallest absolute Gasteiger partial charge is 0.310 e. The second-order valence-electron chi connectivity index (χ2n) is 5.84. The number of ether oxygens (including phenoxy) is 1. The van der Waals surface area contributed by atoms with Crippen molar-refractivity contribution in [3.8, 4) is 0 Å². The average molecular weight is 382 g/mol. The Bertz CT molecular complexity index is 799. The van der Waals surface area contributed by atoms with Crippen molar-refractivity contribution >= 4 is 23.5 Å². The van der Waals surface area contributed by atoms with E-state index in [4.69, 9.17) is 16.3 Å². The molecule has 138 valence electrons. The van der Waals surface area contributed by atoms with E-state index in [1.165, 1.54) is 12.0 Å². The van der Waals surface area contributed by atoms with Gasteiger partial charge in [0.2, 0.25) is 0 Å². The minimum absolute atomic E-state index is 0.0374. The lowest BCUT2D eigenvalue weighted by atomic mass is 10.1. The first-order chi connectivity index (χ1) is 12.3. The second kappa shape index (κ2) is 8.76. The van der Waals surface area contributed by atoms with Gasteiger partial charge in [-0.05, 0) is 17.7 Å². The number of methoxy groups -OCH3 is 1. The van der Waals surface area contributed by atoms with Crippen molar-refractivity contribution < 1.29 is 23.1 Å². The van der Waals surface area contributed by atoms with Gasteiger partial charge in [-0.3, -0.25) is 9.59 Å². The predicted molar refractivity (Wildman–Crippen MR) is 93.7 cm³/mol. The van der Waals surface area contributed by atoms with Crippen LogP contribution in [0.15, 0.2) is 42.5 Å². The Morgan fingerprint density at radius 2 is 1.77 bits per heavy atom. The third kappa shape index (κ3) is 4.79. The van der Waals surface area contributed by atoms with E-state index in [0.29, 0.717) is 0 Å². The summed E-state index contributed by atoms with van der Waals surface area (Å²) in [5.41, 5.74) is 0.648. The number of esters is 1. The lowest BCUT2D eigenvalue weighted by Gasteiger charge is -2.26. The Morgan fingerprint density at radius 1 is 1.15 bits per heavy atom. The zero-order chi connectivity index (χ0) is 19.3. The summed E-state index contributed by atoms with van der Waals surface area (Å²) in [7, 11) is 1.26. The monoisotopic (exact) mass is 381 g/mol.